The Labute approximate surface area is 109 Å². The summed E-state index contributed by atoms with van der Waals surface area (Å²) < 4.78 is 3.57. The normalized spacial score (nSPS) is 11.0. The van der Waals surface area contributed by atoms with Crippen molar-refractivity contribution in [1.82, 2.24) is 35.0 Å². The monoisotopic (exact) mass is 268 g/mol. The van der Waals surface area contributed by atoms with E-state index < -0.39 is 0 Å². The van der Waals surface area contributed by atoms with Crippen molar-refractivity contribution >= 4 is 17.7 Å². The maximum atomic E-state index is 5.62. The van der Waals surface area contributed by atoms with Crippen LogP contribution in [0.2, 0.25) is 0 Å². The zero-order chi connectivity index (χ0) is 13.0. The topological polar surface area (TPSA) is 100 Å². The molecule has 0 aromatic carbocycles. The third-order valence-corrected chi connectivity index (χ3v) is 3.54. The van der Waals surface area contributed by atoms with Crippen LogP contribution in [0.5, 0.6) is 0 Å². The number of rotatable bonds is 6. The van der Waals surface area contributed by atoms with Gasteiger partial charge in [0.1, 0.15) is 0 Å². The Balaban J connectivity index is 1.98. The molecule has 0 aliphatic carbocycles. The molecule has 0 unspecified atom stereocenters. The quantitative estimate of drug-likeness (QED) is 0.760. The van der Waals surface area contributed by atoms with Gasteiger partial charge in [-0.15, -0.1) is 15.3 Å². The maximum absolute atomic E-state index is 5.62. The van der Waals surface area contributed by atoms with Crippen LogP contribution in [0.1, 0.15) is 25.6 Å². The minimum Gasteiger partial charge on any atom is -0.368 e. The highest BCUT2D eigenvalue weighted by Gasteiger charge is 2.10. The van der Waals surface area contributed by atoms with E-state index in [9.17, 15) is 0 Å². The third-order valence-electron chi connectivity index (χ3n) is 2.53. The lowest BCUT2D eigenvalue weighted by Crippen LogP contribution is -2.05. The van der Waals surface area contributed by atoms with Crippen LogP contribution < -0.4 is 5.73 Å². The number of thioether (sulfide) groups is 1. The number of nitrogens with two attached hydrogens (primary N) is 1. The van der Waals surface area contributed by atoms with Gasteiger partial charge in [0.25, 0.3) is 0 Å². The summed E-state index contributed by atoms with van der Waals surface area (Å²) >= 11 is 1.52. The molecule has 8 nitrogen and oxygen atoms in total. The molecule has 2 N–H and O–H groups in total. The van der Waals surface area contributed by atoms with E-state index in [2.05, 4.69) is 32.6 Å². The van der Waals surface area contributed by atoms with Gasteiger partial charge in [-0.2, -0.15) is 0 Å². The summed E-state index contributed by atoms with van der Waals surface area (Å²) in [5, 5.41) is 20.2. The van der Waals surface area contributed by atoms with Gasteiger partial charge in [-0.05, 0) is 16.8 Å². The van der Waals surface area contributed by atoms with E-state index in [1.165, 1.54) is 11.8 Å². The van der Waals surface area contributed by atoms with Crippen molar-refractivity contribution in [1.29, 1.82) is 0 Å². The molecule has 0 spiro atoms. The second-order valence-electron chi connectivity index (χ2n) is 3.86. The minimum atomic E-state index is 0.406. The van der Waals surface area contributed by atoms with E-state index in [-0.39, 0.29) is 0 Å². The number of anilines is 1. The summed E-state index contributed by atoms with van der Waals surface area (Å²) in [7, 11) is 1.83. The van der Waals surface area contributed by atoms with Gasteiger partial charge in [-0.25, -0.2) is 4.68 Å². The number of hydrogen-bond donors (Lipinski definition) is 1. The van der Waals surface area contributed by atoms with Gasteiger partial charge in [0.15, 0.2) is 11.0 Å². The highest BCUT2D eigenvalue weighted by atomic mass is 32.2. The van der Waals surface area contributed by atoms with Crippen LogP contribution in [-0.4, -0.2) is 35.0 Å². The first-order valence-electron chi connectivity index (χ1n) is 5.75. The number of aromatic nitrogens is 7. The van der Waals surface area contributed by atoms with Crippen molar-refractivity contribution in [3.63, 3.8) is 0 Å². The molecule has 0 bridgehead atoms. The van der Waals surface area contributed by atoms with E-state index in [4.69, 9.17) is 5.73 Å². The van der Waals surface area contributed by atoms with E-state index in [0.29, 0.717) is 11.7 Å². The Morgan fingerprint density at radius 1 is 1.28 bits per heavy atom. The first-order chi connectivity index (χ1) is 8.72. The van der Waals surface area contributed by atoms with Crippen LogP contribution >= 0.6 is 11.8 Å². The number of tetrazole rings is 1. The molecule has 2 aromatic heterocycles. The SMILES string of the molecule is CCCCn1nnnc1CSc1nnc(N)n1C. The van der Waals surface area contributed by atoms with Gasteiger partial charge >= 0.3 is 0 Å². The van der Waals surface area contributed by atoms with Crippen LogP contribution in [0, 0.1) is 0 Å². The summed E-state index contributed by atoms with van der Waals surface area (Å²) in [6.07, 6.45) is 2.19. The number of hydrogen-bond acceptors (Lipinski definition) is 7. The van der Waals surface area contributed by atoms with E-state index in [1.54, 1.807) is 4.57 Å². The first kappa shape index (κ1) is 12.8. The highest BCUT2D eigenvalue weighted by Crippen LogP contribution is 2.20. The molecule has 2 aromatic rings. The number of nitrogen functional groups attached to an aromatic ring is 1. The molecule has 18 heavy (non-hydrogen) atoms. The maximum Gasteiger partial charge on any atom is 0.222 e. The second-order valence-corrected chi connectivity index (χ2v) is 4.80. The van der Waals surface area contributed by atoms with Gasteiger partial charge < -0.3 is 5.73 Å². The summed E-state index contributed by atoms with van der Waals surface area (Å²) in [6.45, 7) is 2.99. The van der Waals surface area contributed by atoms with Gasteiger partial charge in [-0.3, -0.25) is 4.57 Å². The molecule has 9 heteroatoms. The van der Waals surface area contributed by atoms with Crippen LogP contribution in [0.3, 0.4) is 0 Å². The molecule has 0 amide bonds. The fourth-order valence-corrected chi connectivity index (χ4v) is 2.24. The zero-order valence-corrected chi connectivity index (χ0v) is 11.3. The van der Waals surface area contributed by atoms with Crippen molar-refractivity contribution < 1.29 is 0 Å². The average Bonchev–Trinajstić information content (AvgIpc) is 2.94. The Kier molecular flexibility index (Phi) is 4.13. The highest BCUT2D eigenvalue weighted by molar-refractivity contribution is 7.98. The molecular weight excluding hydrogens is 252 g/mol. The van der Waals surface area contributed by atoms with Crippen molar-refractivity contribution in [3.8, 4) is 0 Å². The van der Waals surface area contributed by atoms with E-state index in [0.717, 1.165) is 30.4 Å². The Morgan fingerprint density at radius 3 is 2.78 bits per heavy atom. The number of aryl methyl sites for hydroxylation is 1. The Bertz CT molecular complexity index is 504. The smallest absolute Gasteiger partial charge is 0.222 e. The zero-order valence-electron chi connectivity index (χ0n) is 10.4. The minimum absolute atomic E-state index is 0.406. The van der Waals surface area contributed by atoms with Crippen LogP contribution in [0.4, 0.5) is 5.95 Å². The second kappa shape index (κ2) is 5.80. The van der Waals surface area contributed by atoms with Crippen molar-refractivity contribution in [3.05, 3.63) is 5.82 Å². The Hall–Kier alpha value is -1.64. The molecule has 98 valence electrons. The molecule has 2 rings (SSSR count). The van der Waals surface area contributed by atoms with Crippen LogP contribution in [0.25, 0.3) is 0 Å². The van der Waals surface area contributed by atoms with Crippen molar-refractivity contribution in [2.24, 2.45) is 7.05 Å². The fraction of sp³-hybridized carbons (Fsp3) is 0.667. The lowest BCUT2D eigenvalue weighted by molar-refractivity contribution is 0.540. The number of unbranched alkanes of at least 4 members (excludes halogenated alkanes) is 1. The van der Waals surface area contributed by atoms with Crippen molar-refractivity contribution in [2.75, 3.05) is 5.73 Å². The summed E-state index contributed by atoms with van der Waals surface area (Å²) in [5.41, 5.74) is 5.62. The number of nitrogens with zero attached hydrogens (tertiary/aromatic N) is 7. The molecule has 0 atom stereocenters. The molecule has 2 heterocycles. The fourth-order valence-electron chi connectivity index (χ4n) is 1.39. The standard InChI is InChI=1S/C9H16N8S/c1-3-4-5-17-7(11-14-15-17)6-18-9-13-12-8(10)16(9)2/h3-6H2,1-2H3,(H2,10,12). The van der Waals surface area contributed by atoms with Crippen LogP contribution in [-0.2, 0) is 19.3 Å². The molecule has 0 aliphatic heterocycles. The van der Waals surface area contributed by atoms with Crippen LogP contribution in [0.15, 0.2) is 5.16 Å². The summed E-state index contributed by atoms with van der Waals surface area (Å²) in [5.74, 6) is 1.90. The van der Waals surface area contributed by atoms with Gasteiger partial charge in [0.2, 0.25) is 5.95 Å². The molecule has 0 fully saturated rings. The van der Waals surface area contributed by atoms with Gasteiger partial charge in [0.05, 0.1) is 5.75 Å². The summed E-state index contributed by atoms with van der Waals surface area (Å²) in [6, 6.07) is 0. The lowest BCUT2D eigenvalue weighted by atomic mass is 10.3. The first-order valence-corrected chi connectivity index (χ1v) is 6.73. The Morgan fingerprint density at radius 2 is 2.11 bits per heavy atom. The molecule has 0 aliphatic rings. The predicted molar refractivity (Wildman–Crippen MR) is 67.7 cm³/mol. The molecule has 0 saturated heterocycles. The van der Waals surface area contributed by atoms with Gasteiger partial charge in [0, 0.05) is 13.6 Å². The lowest BCUT2D eigenvalue weighted by Gasteiger charge is -2.03. The van der Waals surface area contributed by atoms with Crippen molar-refractivity contribution in [2.45, 2.75) is 37.2 Å². The average molecular weight is 268 g/mol. The van der Waals surface area contributed by atoms with Gasteiger partial charge in [-0.1, -0.05) is 25.1 Å². The third kappa shape index (κ3) is 2.78. The largest absolute Gasteiger partial charge is 0.368 e. The molecular formula is C9H16N8S. The van der Waals surface area contributed by atoms with E-state index >= 15 is 0 Å². The molecule has 0 radical (unpaired) electrons. The predicted octanol–water partition coefficient (Wildman–Crippen LogP) is 0.476. The summed E-state index contributed by atoms with van der Waals surface area (Å²) in [4.78, 5) is 0. The molecule has 0 saturated carbocycles. The van der Waals surface area contributed by atoms with E-state index in [1.807, 2.05) is 11.7 Å².